The van der Waals surface area contributed by atoms with Crippen LogP contribution in [-0.2, 0) is 4.79 Å². The van der Waals surface area contributed by atoms with Crippen LogP contribution in [0.2, 0.25) is 0 Å². The molecule has 1 aromatic rings. The van der Waals surface area contributed by atoms with Gasteiger partial charge in [-0.1, -0.05) is 25.1 Å². The number of hydrogen-bond acceptors (Lipinski definition) is 2. The number of benzene rings is 1. The van der Waals surface area contributed by atoms with Crippen molar-refractivity contribution in [3.63, 3.8) is 0 Å². The smallest absolute Gasteiger partial charge is 0.227 e. The number of carbonyl (C=O) groups is 1. The van der Waals surface area contributed by atoms with Crippen LogP contribution in [-0.4, -0.2) is 24.4 Å². The lowest BCUT2D eigenvalue weighted by Gasteiger charge is -2.25. The van der Waals surface area contributed by atoms with E-state index in [0.29, 0.717) is 13.2 Å². The highest BCUT2D eigenvalue weighted by Gasteiger charge is 2.27. The summed E-state index contributed by atoms with van der Waals surface area (Å²) in [7, 11) is 0. The van der Waals surface area contributed by atoms with E-state index < -0.39 is 0 Å². The zero-order chi connectivity index (χ0) is 13.0. The van der Waals surface area contributed by atoms with Crippen LogP contribution in [0.25, 0.3) is 0 Å². The molecule has 1 aromatic carbocycles. The minimum Gasteiger partial charge on any atom is -0.493 e. The highest BCUT2D eigenvalue weighted by molar-refractivity contribution is 6.20. The van der Waals surface area contributed by atoms with Gasteiger partial charge in [0.05, 0.1) is 17.9 Å². The molecule has 0 aliphatic carbocycles. The maximum Gasteiger partial charge on any atom is 0.227 e. The number of halogens is 1. The number of fused-ring (bicyclic) bond motifs is 1. The Bertz CT molecular complexity index is 422. The van der Waals surface area contributed by atoms with Gasteiger partial charge in [-0.15, -0.1) is 11.6 Å². The molecule has 0 saturated heterocycles. The Morgan fingerprint density at radius 2 is 2.33 bits per heavy atom. The molecule has 18 heavy (non-hydrogen) atoms. The van der Waals surface area contributed by atoms with Crippen molar-refractivity contribution in [1.82, 2.24) is 5.32 Å². The number of amides is 1. The van der Waals surface area contributed by atoms with E-state index >= 15 is 0 Å². The number of carbonyl (C=O) groups excluding carboxylic acids is 1. The fourth-order valence-electron chi connectivity index (χ4n) is 2.09. The third kappa shape index (κ3) is 2.96. The van der Waals surface area contributed by atoms with Crippen LogP contribution in [0.5, 0.6) is 5.75 Å². The minimum atomic E-state index is -0.115. The van der Waals surface area contributed by atoms with Crippen LogP contribution in [0, 0.1) is 0 Å². The van der Waals surface area contributed by atoms with Crippen molar-refractivity contribution in [3.8, 4) is 5.75 Å². The van der Waals surface area contributed by atoms with Gasteiger partial charge >= 0.3 is 0 Å². The number of hydrogen-bond donors (Lipinski definition) is 1. The van der Waals surface area contributed by atoms with E-state index in [1.807, 2.05) is 31.2 Å². The lowest BCUT2D eigenvalue weighted by molar-refractivity contribution is -0.123. The number of ether oxygens (including phenoxy) is 1. The van der Waals surface area contributed by atoms with Crippen LogP contribution in [0.15, 0.2) is 24.3 Å². The summed E-state index contributed by atoms with van der Waals surface area (Å²) in [5, 5.41) is 2.92. The van der Waals surface area contributed by atoms with Crippen molar-refractivity contribution < 1.29 is 9.53 Å². The highest BCUT2D eigenvalue weighted by Crippen LogP contribution is 2.33. The van der Waals surface area contributed by atoms with Gasteiger partial charge in [0.1, 0.15) is 5.75 Å². The Morgan fingerprint density at radius 1 is 1.56 bits per heavy atom. The number of nitrogens with one attached hydrogen (secondary N) is 1. The topological polar surface area (TPSA) is 38.3 Å². The number of para-hydroxylation sites is 1. The molecule has 2 rings (SSSR count). The Hall–Kier alpha value is -1.22. The molecule has 0 aromatic heterocycles. The summed E-state index contributed by atoms with van der Waals surface area (Å²) in [5.74, 6) is 0.752. The monoisotopic (exact) mass is 267 g/mol. The molecule has 0 fully saturated rings. The van der Waals surface area contributed by atoms with Crippen molar-refractivity contribution in [1.29, 1.82) is 0 Å². The summed E-state index contributed by atoms with van der Waals surface area (Å²) >= 11 is 6.01. The van der Waals surface area contributed by atoms with Crippen LogP contribution < -0.4 is 10.1 Å². The lowest BCUT2D eigenvalue weighted by atomic mass is 9.92. The predicted octanol–water partition coefficient (Wildman–Crippen LogP) is 2.69. The first-order valence-corrected chi connectivity index (χ1v) is 6.79. The quantitative estimate of drug-likeness (QED) is 0.852. The van der Waals surface area contributed by atoms with Crippen molar-refractivity contribution >= 4 is 17.5 Å². The van der Waals surface area contributed by atoms with Gasteiger partial charge in [0, 0.05) is 12.1 Å². The predicted molar refractivity (Wildman–Crippen MR) is 72.2 cm³/mol. The van der Waals surface area contributed by atoms with E-state index in [-0.39, 0.29) is 17.2 Å². The first-order chi connectivity index (χ1) is 8.72. The number of alkyl halides is 1. The molecule has 2 unspecified atom stereocenters. The highest BCUT2D eigenvalue weighted by atomic mass is 35.5. The average molecular weight is 268 g/mol. The van der Waals surface area contributed by atoms with Gasteiger partial charge in [-0.25, -0.2) is 0 Å². The zero-order valence-electron chi connectivity index (χ0n) is 10.5. The molecule has 1 amide bonds. The normalized spacial score (nSPS) is 19.6. The molecular weight excluding hydrogens is 250 g/mol. The standard InChI is InChI=1S/C14H18ClNO2/c1-2-10(15)9-16-14(17)12-7-8-18-13-6-4-3-5-11(12)13/h3-6,10,12H,2,7-9H2,1H3,(H,16,17). The van der Waals surface area contributed by atoms with Gasteiger partial charge in [-0.2, -0.15) is 0 Å². The third-order valence-electron chi connectivity index (χ3n) is 3.22. The molecule has 98 valence electrons. The van der Waals surface area contributed by atoms with Gasteiger partial charge in [0.25, 0.3) is 0 Å². The molecule has 1 N–H and O–H groups in total. The zero-order valence-corrected chi connectivity index (χ0v) is 11.2. The lowest BCUT2D eigenvalue weighted by Crippen LogP contribution is -2.35. The molecule has 1 aliphatic rings. The van der Waals surface area contributed by atoms with E-state index in [1.54, 1.807) is 0 Å². The van der Waals surface area contributed by atoms with E-state index in [2.05, 4.69) is 5.32 Å². The van der Waals surface area contributed by atoms with Crippen molar-refractivity contribution in [2.75, 3.05) is 13.2 Å². The second-order valence-electron chi connectivity index (χ2n) is 4.48. The Morgan fingerprint density at radius 3 is 3.11 bits per heavy atom. The van der Waals surface area contributed by atoms with E-state index in [0.717, 1.165) is 24.2 Å². The summed E-state index contributed by atoms with van der Waals surface area (Å²) < 4.78 is 5.54. The van der Waals surface area contributed by atoms with Gasteiger partial charge < -0.3 is 10.1 Å². The molecule has 0 bridgehead atoms. The van der Waals surface area contributed by atoms with Crippen LogP contribution in [0.4, 0.5) is 0 Å². The second kappa shape index (κ2) is 6.10. The molecule has 1 aliphatic heterocycles. The van der Waals surface area contributed by atoms with E-state index in [4.69, 9.17) is 16.3 Å². The Balaban J connectivity index is 2.04. The summed E-state index contributed by atoms with van der Waals surface area (Å²) in [5.41, 5.74) is 0.976. The van der Waals surface area contributed by atoms with Gasteiger partial charge in [0.2, 0.25) is 5.91 Å². The maximum absolute atomic E-state index is 12.2. The Labute approximate surface area is 112 Å². The van der Waals surface area contributed by atoms with Crippen molar-refractivity contribution in [2.45, 2.75) is 31.1 Å². The van der Waals surface area contributed by atoms with Crippen molar-refractivity contribution in [2.24, 2.45) is 0 Å². The van der Waals surface area contributed by atoms with Gasteiger partial charge in [0.15, 0.2) is 0 Å². The van der Waals surface area contributed by atoms with Crippen molar-refractivity contribution in [3.05, 3.63) is 29.8 Å². The summed E-state index contributed by atoms with van der Waals surface area (Å²) in [6, 6.07) is 7.72. The Kier molecular flexibility index (Phi) is 4.48. The van der Waals surface area contributed by atoms with Crippen LogP contribution in [0.3, 0.4) is 0 Å². The molecule has 1 heterocycles. The van der Waals surface area contributed by atoms with Crippen LogP contribution >= 0.6 is 11.6 Å². The molecule has 0 radical (unpaired) electrons. The summed E-state index contributed by atoms with van der Waals surface area (Å²) in [6.07, 6.45) is 1.58. The molecule has 4 heteroatoms. The molecule has 2 atom stereocenters. The molecule has 0 spiro atoms. The average Bonchev–Trinajstić information content (AvgIpc) is 2.43. The fraction of sp³-hybridized carbons (Fsp3) is 0.500. The van der Waals surface area contributed by atoms with E-state index in [1.165, 1.54) is 0 Å². The van der Waals surface area contributed by atoms with Gasteiger partial charge in [-0.3, -0.25) is 4.79 Å². The fourth-order valence-corrected chi connectivity index (χ4v) is 2.17. The second-order valence-corrected chi connectivity index (χ2v) is 5.10. The summed E-state index contributed by atoms with van der Waals surface area (Å²) in [6.45, 7) is 3.12. The molecular formula is C14H18ClNO2. The molecule has 0 saturated carbocycles. The van der Waals surface area contributed by atoms with E-state index in [9.17, 15) is 4.79 Å². The van der Waals surface area contributed by atoms with Gasteiger partial charge in [-0.05, 0) is 18.9 Å². The number of rotatable bonds is 4. The molecule has 3 nitrogen and oxygen atoms in total. The first kappa shape index (κ1) is 13.2. The van der Waals surface area contributed by atoms with Crippen LogP contribution in [0.1, 0.15) is 31.2 Å². The largest absolute Gasteiger partial charge is 0.493 e. The third-order valence-corrected chi connectivity index (χ3v) is 3.68. The minimum absolute atomic E-state index is 0.00374. The summed E-state index contributed by atoms with van der Waals surface area (Å²) in [4.78, 5) is 12.2. The SMILES string of the molecule is CCC(Cl)CNC(=O)C1CCOc2ccccc21. The first-order valence-electron chi connectivity index (χ1n) is 6.36. The maximum atomic E-state index is 12.2.